The Balaban J connectivity index is 2.27. The van der Waals surface area contributed by atoms with Crippen LogP contribution in [0.5, 0.6) is 0 Å². The van der Waals surface area contributed by atoms with Gasteiger partial charge in [0.1, 0.15) is 0 Å². The molecule has 4 nitrogen and oxygen atoms in total. The van der Waals surface area contributed by atoms with Crippen molar-refractivity contribution in [1.82, 2.24) is 15.5 Å². The van der Waals surface area contributed by atoms with Crippen molar-refractivity contribution in [3.05, 3.63) is 0 Å². The molecule has 0 radical (unpaired) electrons. The number of hydrogen-bond acceptors (Lipinski definition) is 3. The minimum Gasteiger partial charge on any atom is -0.353 e. The predicted octanol–water partition coefficient (Wildman–Crippen LogP) is 0.195. The number of piperidine rings is 1. The molecule has 0 aromatic heterocycles. The fraction of sp³-hybridized carbons (Fsp3) is 0.909. The molecule has 1 saturated heterocycles. The molecule has 1 atom stereocenters. The first-order chi connectivity index (χ1) is 7.09. The number of hydrogen-bond donors (Lipinski definition) is 2. The number of amides is 1. The van der Waals surface area contributed by atoms with Crippen molar-refractivity contribution >= 4 is 5.91 Å². The van der Waals surface area contributed by atoms with E-state index in [9.17, 15) is 4.79 Å². The molecule has 0 aromatic rings. The largest absolute Gasteiger partial charge is 0.353 e. The third-order valence-corrected chi connectivity index (χ3v) is 2.74. The van der Waals surface area contributed by atoms with Crippen molar-refractivity contribution < 1.29 is 4.79 Å². The summed E-state index contributed by atoms with van der Waals surface area (Å²) in [4.78, 5) is 13.7. The third kappa shape index (κ3) is 4.62. The molecule has 0 spiro atoms. The van der Waals surface area contributed by atoms with Gasteiger partial charge in [0.25, 0.3) is 0 Å². The first-order valence-corrected chi connectivity index (χ1v) is 5.80. The van der Waals surface area contributed by atoms with Gasteiger partial charge in [-0.1, -0.05) is 0 Å². The van der Waals surface area contributed by atoms with Gasteiger partial charge in [-0.2, -0.15) is 0 Å². The highest BCUT2D eigenvalue weighted by Crippen LogP contribution is 2.07. The Labute approximate surface area is 92.4 Å². The first kappa shape index (κ1) is 12.5. The topological polar surface area (TPSA) is 44.4 Å². The molecule has 1 amide bonds. The zero-order chi connectivity index (χ0) is 11.3. The van der Waals surface area contributed by atoms with Crippen LogP contribution in [0.1, 0.15) is 26.7 Å². The first-order valence-electron chi connectivity index (χ1n) is 5.80. The van der Waals surface area contributed by atoms with Gasteiger partial charge in [-0.15, -0.1) is 0 Å². The summed E-state index contributed by atoms with van der Waals surface area (Å²) in [5, 5.41) is 6.27. The summed E-state index contributed by atoms with van der Waals surface area (Å²) in [6, 6.07) is 0.743. The summed E-state index contributed by atoms with van der Waals surface area (Å²) >= 11 is 0. The van der Waals surface area contributed by atoms with Gasteiger partial charge < -0.3 is 10.6 Å². The summed E-state index contributed by atoms with van der Waals surface area (Å²) in [6.45, 7) is 6.60. The highest BCUT2D eigenvalue weighted by atomic mass is 16.2. The van der Waals surface area contributed by atoms with Crippen molar-refractivity contribution in [3.63, 3.8) is 0 Å². The van der Waals surface area contributed by atoms with Crippen molar-refractivity contribution in [2.24, 2.45) is 0 Å². The molecule has 2 N–H and O–H groups in total. The van der Waals surface area contributed by atoms with Crippen LogP contribution >= 0.6 is 0 Å². The Morgan fingerprint density at radius 3 is 2.87 bits per heavy atom. The molecule has 0 bridgehead atoms. The van der Waals surface area contributed by atoms with E-state index in [2.05, 4.69) is 15.5 Å². The molecule has 1 heterocycles. The Kier molecular flexibility index (Phi) is 5.05. The second-order valence-corrected chi connectivity index (χ2v) is 4.64. The van der Waals surface area contributed by atoms with Crippen LogP contribution in [0.4, 0.5) is 0 Å². The zero-order valence-electron chi connectivity index (χ0n) is 10.0. The lowest BCUT2D eigenvalue weighted by atomic mass is 10.1. The fourth-order valence-corrected chi connectivity index (χ4v) is 1.93. The maximum atomic E-state index is 11.5. The van der Waals surface area contributed by atoms with Gasteiger partial charge in [0.2, 0.25) is 5.91 Å². The van der Waals surface area contributed by atoms with Crippen LogP contribution in [-0.2, 0) is 4.79 Å². The maximum absolute atomic E-state index is 11.5. The smallest absolute Gasteiger partial charge is 0.234 e. The van der Waals surface area contributed by atoms with Crippen molar-refractivity contribution in [2.45, 2.75) is 38.8 Å². The average molecular weight is 213 g/mol. The number of carbonyl (C=O) groups is 1. The van der Waals surface area contributed by atoms with E-state index in [0.717, 1.165) is 13.1 Å². The Bertz CT molecular complexity index is 200. The van der Waals surface area contributed by atoms with Gasteiger partial charge in [-0.3, -0.25) is 9.69 Å². The minimum atomic E-state index is 0.123. The molecule has 0 aromatic carbocycles. The number of likely N-dealkylation sites (N-methyl/N-ethyl adjacent to an activating group) is 1. The van der Waals surface area contributed by atoms with Crippen LogP contribution in [-0.4, -0.2) is 49.6 Å². The second-order valence-electron chi connectivity index (χ2n) is 4.64. The predicted molar refractivity (Wildman–Crippen MR) is 61.8 cm³/mol. The van der Waals surface area contributed by atoms with E-state index in [4.69, 9.17) is 0 Å². The molecule has 1 unspecified atom stereocenters. The summed E-state index contributed by atoms with van der Waals surface area (Å²) in [7, 11) is 2.03. The average Bonchev–Trinajstić information content (AvgIpc) is 2.17. The standard InChI is InChI=1S/C11H23N3O/c1-9(2)13-11(15)8-14(3)10-5-4-6-12-7-10/h9-10,12H,4-8H2,1-3H3,(H,13,15). The quantitative estimate of drug-likeness (QED) is 0.701. The highest BCUT2D eigenvalue weighted by Gasteiger charge is 2.19. The lowest BCUT2D eigenvalue weighted by molar-refractivity contribution is -0.123. The number of carbonyl (C=O) groups excluding carboxylic acids is 1. The van der Waals surface area contributed by atoms with Crippen LogP contribution in [0, 0.1) is 0 Å². The van der Waals surface area contributed by atoms with E-state index in [1.54, 1.807) is 0 Å². The summed E-state index contributed by atoms with van der Waals surface area (Å²) < 4.78 is 0. The SMILES string of the molecule is CC(C)NC(=O)CN(C)C1CCCNC1. The summed E-state index contributed by atoms with van der Waals surface area (Å²) in [5.74, 6) is 0.123. The van der Waals surface area contributed by atoms with Gasteiger partial charge in [-0.05, 0) is 40.3 Å². The highest BCUT2D eigenvalue weighted by molar-refractivity contribution is 5.78. The Morgan fingerprint density at radius 1 is 1.60 bits per heavy atom. The molecule has 1 aliphatic heterocycles. The number of nitrogens with one attached hydrogen (secondary N) is 2. The van der Waals surface area contributed by atoms with Crippen LogP contribution in [0.15, 0.2) is 0 Å². The number of rotatable bonds is 4. The van der Waals surface area contributed by atoms with Gasteiger partial charge in [0.05, 0.1) is 6.54 Å². The number of nitrogens with zero attached hydrogens (tertiary/aromatic N) is 1. The van der Waals surface area contributed by atoms with Crippen LogP contribution < -0.4 is 10.6 Å². The molecule has 0 saturated carbocycles. The van der Waals surface area contributed by atoms with E-state index in [1.165, 1.54) is 12.8 Å². The zero-order valence-corrected chi connectivity index (χ0v) is 10.0. The Morgan fingerprint density at radius 2 is 2.33 bits per heavy atom. The van der Waals surface area contributed by atoms with Crippen LogP contribution in [0.2, 0.25) is 0 Å². The van der Waals surface area contributed by atoms with Gasteiger partial charge >= 0.3 is 0 Å². The van der Waals surface area contributed by atoms with E-state index in [0.29, 0.717) is 12.6 Å². The van der Waals surface area contributed by atoms with Crippen LogP contribution in [0.3, 0.4) is 0 Å². The van der Waals surface area contributed by atoms with E-state index in [1.807, 2.05) is 20.9 Å². The van der Waals surface area contributed by atoms with Crippen molar-refractivity contribution in [1.29, 1.82) is 0 Å². The van der Waals surface area contributed by atoms with Crippen LogP contribution in [0.25, 0.3) is 0 Å². The fourth-order valence-electron chi connectivity index (χ4n) is 1.93. The molecule has 4 heteroatoms. The third-order valence-electron chi connectivity index (χ3n) is 2.74. The molecule has 0 aliphatic carbocycles. The normalized spacial score (nSPS) is 22.1. The monoisotopic (exact) mass is 213 g/mol. The van der Waals surface area contributed by atoms with E-state index < -0.39 is 0 Å². The minimum absolute atomic E-state index is 0.123. The molecule has 1 aliphatic rings. The molecule has 1 fully saturated rings. The Hall–Kier alpha value is -0.610. The van der Waals surface area contributed by atoms with Gasteiger partial charge in [0, 0.05) is 18.6 Å². The molecule has 1 rings (SSSR count). The molecular formula is C11H23N3O. The van der Waals surface area contributed by atoms with Crippen molar-refractivity contribution in [3.8, 4) is 0 Å². The van der Waals surface area contributed by atoms with E-state index >= 15 is 0 Å². The summed E-state index contributed by atoms with van der Waals surface area (Å²) in [6.07, 6.45) is 2.40. The maximum Gasteiger partial charge on any atom is 0.234 e. The lowest BCUT2D eigenvalue weighted by Gasteiger charge is -2.31. The lowest BCUT2D eigenvalue weighted by Crippen LogP contribution is -2.48. The van der Waals surface area contributed by atoms with E-state index in [-0.39, 0.29) is 11.9 Å². The van der Waals surface area contributed by atoms with Gasteiger partial charge in [-0.25, -0.2) is 0 Å². The van der Waals surface area contributed by atoms with Gasteiger partial charge in [0.15, 0.2) is 0 Å². The molecular weight excluding hydrogens is 190 g/mol. The molecule has 88 valence electrons. The molecule has 15 heavy (non-hydrogen) atoms. The van der Waals surface area contributed by atoms with Crippen molar-refractivity contribution in [2.75, 3.05) is 26.7 Å². The second kappa shape index (κ2) is 6.08. The summed E-state index contributed by atoms with van der Waals surface area (Å²) in [5.41, 5.74) is 0.